The number of rotatable bonds is 6. The average molecular weight is 421 g/mol. The molecule has 2 fully saturated rings. The minimum Gasteiger partial charge on any atom is -0.376 e. The zero-order valence-electron chi connectivity index (χ0n) is 17.7. The first kappa shape index (κ1) is 21.1. The summed E-state index contributed by atoms with van der Waals surface area (Å²) >= 11 is 0. The number of hydrogen-bond donors (Lipinski definition) is 1. The lowest BCUT2D eigenvalue weighted by Gasteiger charge is -2.27. The molecule has 1 aromatic heterocycles. The standard InChI is InChI=1S/C24H28N4O3/c25-14-18(24(30)26-15-20-7-6-12-31-20)13-19-16-28(22-9-3-2-8-21(19)22)17-23(29)27-10-4-1-5-11-27/h2-3,8-9,13,16,20H,1,4-7,10-12,15,17H2,(H,26,30)/b18-13+/t20-/m0/s1. The summed E-state index contributed by atoms with van der Waals surface area (Å²) in [5, 5.41) is 13.3. The number of ether oxygens (including phenoxy) is 1. The summed E-state index contributed by atoms with van der Waals surface area (Å²) in [6.45, 7) is 3.01. The molecule has 0 bridgehead atoms. The van der Waals surface area contributed by atoms with E-state index in [1.54, 1.807) is 6.08 Å². The quantitative estimate of drug-likeness (QED) is 0.575. The molecule has 1 aromatic carbocycles. The van der Waals surface area contributed by atoms with Crippen LogP contribution in [0, 0.1) is 11.3 Å². The van der Waals surface area contributed by atoms with E-state index in [2.05, 4.69) is 5.32 Å². The van der Waals surface area contributed by atoms with Crippen molar-refractivity contribution in [1.29, 1.82) is 5.26 Å². The summed E-state index contributed by atoms with van der Waals surface area (Å²) in [7, 11) is 0. The summed E-state index contributed by atoms with van der Waals surface area (Å²) in [5.41, 5.74) is 1.71. The Labute approximate surface area is 182 Å². The maximum Gasteiger partial charge on any atom is 0.262 e. The number of hydrogen-bond acceptors (Lipinski definition) is 4. The molecule has 31 heavy (non-hydrogen) atoms. The fourth-order valence-corrected chi connectivity index (χ4v) is 4.32. The number of fused-ring (bicyclic) bond motifs is 1. The molecule has 2 aromatic rings. The molecule has 7 nitrogen and oxygen atoms in total. The first-order valence-corrected chi connectivity index (χ1v) is 11.0. The zero-order valence-corrected chi connectivity index (χ0v) is 17.7. The van der Waals surface area contributed by atoms with Gasteiger partial charge in [0.15, 0.2) is 0 Å². The molecule has 162 valence electrons. The van der Waals surface area contributed by atoms with E-state index in [-0.39, 0.29) is 24.1 Å². The first-order valence-electron chi connectivity index (χ1n) is 11.0. The van der Waals surface area contributed by atoms with Crippen molar-refractivity contribution in [1.82, 2.24) is 14.8 Å². The number of amides is 2. The molecule has 1 N–H and O–H groups in total. The fraction of sp³-hybridized carbons (Fsp3) is 0.458. The molecule has 1 atom stereocenters. The van der Waals surface area contributed by atoms with E-state index in [0.29, 0.717) is 6.54 Å². The van der Waals surface area contributed by atoms with Crippen molar-refractivity contribution in [2.75, 3.05) is 26.2 Å². The van der Waals surface area contributed by atoms with Crippen LogP contribution in [0.4, 0.5) is 0 Å². The maximum absolute atomic E-state index is 12.8. The second-order valence-electron chi connectivity index (χ2n) is 8.19. The van der Waals surface area contributed by atoms with Crippen LogP contribution in [0.1, 0.15) is 37.7 Å². The van der Waals surface area contributed by atoms with Crippen molar-refractivity contribution < 1.29 is 14.3 Å². The Bertz CT molecular complexity index is 1020. The summed E-state index contributed by atoms with van der Waals surface area (Å²) in [6, 6.07) is 9.77. The van der Waals surface area contributed by atoms with Crippen LogP contribution < -0.4 is 5.32 Å². The molecule has 0 aliphatic carbocycles. The molecule has 2 aliphatic heterocycles. The highest BCUT2D eigenvalue weighted by molar-refractivity contribution is 6.04. The van der Waals surface area contributed by atoms with E-state index < -0.39 is 5.91 Å². The van der Waals surface area contributed by atoms with Crippen LogP contribution in [-0.4, -0.2) is 53.6 Å². The van der Waals surface area contributed by atoms with Crippen molar-refractivity contribution in [3.8, 4) is 6.07 Å². The number of aromatic nitrogens is 1. The van der Waals surface area contributed by atoms with Gasteiger partial charge in [-0.2, -0.15) is 5.26 Å². The Morgan fingerprint density at radius 2 is 2.00 bits per heavy atom. The molecule has 4 rings (SSSR count). The van der Waals surface area contributed by atoms with Gasteiger partial charge in [-0.1, -0.05) is 18.2 Å². The third-order valence-corrected chi connectivity index (χ3v) is 6.01. The van der Waals surface area contributed by atoms with E-state index in [4.69, 9.17) is 4.74 Å². The highest BCUT2D eigenvalue weighted by atomic mass is 16.5. The van der Waals surface area contributed by atoms with Crippen molar-refractivity contribution in [3.05, 3.63) is 41.6 Å². The molecule has 0 unspecified atom stereocenters. The van der Waals surface area contributed by atoms with Crippen molar-refractivity contribution in [2.45, 2.75) is 44.8 Å². The van der Waals surface area contributed by atoms with Crippen LogP contribution in [0.3, 0.4) is 0 Å². The van der Waals surface area contributed by atoms with Gasteiger partial charge in [-0.3, -0.25) is 9.59 Å². The minimum absolute atomic E-state index is 0.0200. The van der Waals surface area contributed by atoms with Gasteiger partial charge in [-0.25, -0.2) is 0 Å². The van der Waals surface area contributed by atoms with Gasteiger partial charge in [-0.15, -0.1) is 0 Å². The highest BCUT2D eigenvalue weighted by Gasteiger charge is 2.20. The molecular weight excluding hydrogens is 392 g/mol. The van der Waals surface area contributed by atoms with E-state index >= 15 is 0 Å². The Hall–Kier alpha value is -3.11. The molecule has 0 saturated carbocycles. The Morgan fingerprint density at radius 1 is 1.19 bits per heavy atom. The van der Waals surface area contributed by atoms with Gasteiger partial charge < -0.3 is 19.5 Å². The third-order valence-electron chi connectivity index (χ3n) is 6.01. The number of carbonyl (C=O) groups is 2. The lowest BCUT2D eigenvalue weighted by atomic mass is 10.1. The first-order chi connectivity index (χ1) is 15.2. The number of nitrogens with zero attached hydrogens (tertiary/aromatic N) is 3. The second-order valence-corrected chi connectivity index (χ2v) is 8.19. The molecule has 2 saturated heterocycles. The summed E-state index contributed by atoms with van der Waals surface area (Å²) in [6.07, 6.45) is 8.69. The lowest BCUT2D eigenvalue weighted by molar-refractivity contribution is -0.132. The smallest absolute Gasteiger partial charge is 0.262 e. The molecule has 0 radical (unpaired) electrons. The number of nitriles is 1. The number of para-hydroxylation sites is 1. The van der Waals surface area contributed by atoms with Crippen LogP contribution >= 0.6 is 0 Å². The number of likely N-dealkylation sites (tertiary alicyclic amines) is 1. The molecule has 2 aliphatic rings. The van der Waals surface area contributed by atoms with Crippen molar-refractivity contribution in [2.24, 2.45) is 0 Å². The largest absolute Gasteiger partial charge is 0.376 e. The van der Waals surface area contributed by atoms with Gasteiger partial charge >= 0.3 is 0 Å². The van der Waals surface area contributed by atoms with Crippen molar-refractivity contribution >= 4 is 28.8 Å². The summed E-state index contributed by atoms with van der Waals surface area (Å²) in [4.78, 5) is 27.2. The Morgan fingerprint density at radius 3 is 2.74 bits per heavy atom. The molecular formula is C24H28N4O3. The zero-order chi connectivity index (χ0) is 21.6. The van der Waals surface area contributed by atoms with Crippen LogP contribution in [-0.2, 0) is 20.9 Å². The number of piperidine rings is 1. The molecule has 2 amide bonds. The summed E-state index contributed by atoms with van der Waals surface area (Å²) in [5.74, 6) is -0.301. The highest BCUT2D eigenvalue weighted by Crippen LogP contribution is 2.24. The van der Waals surface area contributed by atoms with Crippen LogP contribution in [0.25, 0.3) is 17.0 Å². The van der Waals surface area contributed by atoms with Crippen LogP contribution in [0.15, 0.2) is 36.0 Å². The average Bonchev–Trinajstić information content (AvgIpc) is 3.45. The maximum atomic E-state index is 12.8. The topological polar surface area (TPSA) is 87.4 Å². The Balaban J connectivity index is 1.54. The number of carbonyl (C=O) groups excluding carboxylic acids is 2. The predicted octanol–water partition coefficient (Wildman–Crippen LogP) is 2.86. The van der Waals surface area contributed by atoms with Gasteiger partial charge in [0.1, 0.15) is 18.2 Å². The molecule has 3 heterocycles. The summed E-state index contributed by atoms with van der Waals surface area (Å²) < 4.78 is 7.44. The minimum atomic E-state index is -0.403. The second kappa shape index (κ2) is 9.80. The van der Waals surface area contributed by atoms with E-state index in [1.807, 2.05) is 46.0 Å². The number of nitrogens with one attached hydrogen (secondary N) is 1. The van der Waals surface area contributed by atoms with Crippen LogP contribution in [0.5, 0.6) is 0 Å². The van der Waals surface area contributed by atoms with E-state index in [0.717, 1.165) is 61.8 Å². The van der Waals surface area contributed by atoms with Gasteiger partial charge in [0.05, 0.1) is 6.10 Å². The van der Waals surface area contributed by atoms with Gasteiger partial charge in [0, 0.05) is 48.9 Å². The van der Waals surface area contributed by atoms with Crippen LogP contribution in [0.2, 0.25) is 0 Å². The fourth-order valence-electron chi connectivity index (χ4n) is 4.32. The van der Waals surface area contributed by atoms with Gasteiger partial charge in [-0.05, 0) is 44.2 Å². The number of benzene rings is 1. The normalized spacial score (nSPS) is 19.4. The van der Waals surface area contributed by atoms with Gasteiger partial charge in [0.25, 0.3) is 5.91 Å². The molecule has 7 heteroatoms. The lowest BCUT2D eigenvalue weighted by Crippen LogP contribution is -2.37. The van der Waals surface area contributed by atoms with E-state index in [9.17, 15) is 14.9 Å². The Kier molecular flexibility index (Phi) is 6.68. The van der Waals surface area contributed by atoms with Crippen molar-refractivity contribution in [3.63, 3.8) is 0 Å². The third kappa shape index (κ3) is 4.97. The van der Waals surface area contributed by atoms with Gasteiger partial charge in [0.2, 0.25) is 5.91 Å². The molecule has 0 spiro atoms. The monoisotopic (exact) mass is 420 g/mol. The SMILES string of the molecule is N#C/C(=C\c1cn(CC(=O)N2CCCCC2)c2ccccc12)C(=O)NC[C@@H]1CCCO1. The predicted molar refractivity (Wildman–Crippen MR) is 118 cm³/mol. The van der Waals surface area contributed by atoms with E-state index in [1.165, 1.54) is 6.42 Å².